The molecule has 0 spiro atoms. The minimum absolute atomic E-state index is 0.0332. The minimum atomic E-state index is -0.194. The molecule has 0 N–H and O–H groups in total. The molecule has 0 bridgehead atoms. The molecule has 0 aromatic carbocycles. The highest BCUT2D eigenvalue weighted by atomic mass is 35.5. The summed E-state index contributed by atoms with van der Waals surface area (Å²) < 4.78 is 4.60. The highest BCUT2D eigenvalue weighted by Crippen LogP contribution is 2.08. The number of carbonyl (C=O) groups is 1. The van der Waals surface area contributed by atoms with Crippen molar-refractivity contribution >= 4 is 29.2 Å². The van der Waals surface area contributed by atoms with Crippen LogP contribution in [0.4, 0.5) is 0 Å². The van der Waals surface area contributed by atoms with E-state index in [0.717, 1.165) is 25.1 Å². The number of hydrogen-bond donors (Lipinski definition) is 0. The molecule has 0 aliphatic carbocycles. The van der Waals surface area contributed by atoms with Crippen LogP contribution in [0.3, 0.4) is 0 Å². The van der Waals surface area contributed by atoms with Crippen LogP contribution in [0.1, 0.15) is 44.9 Å². The lowest BCUT2D eigenvalue weighted by atomic mass is 10.1. The molecule has 0 heterocycles. The summed E-state index contributed by atoms with van der Waals surface area (Å²) in [5.74, 6) is 0.558. The van der Waals surface area contributed by atoms with Gasteiger partial charge < -0.3 is 4.74 Å². The standard InChI is InChI=1S/C10H18Cl2O2/c11-8-6-4-2-1-3-5-7-10(13)14-9-12/h1-9H2. The molecule has 0 aromatic heterocycles. The summed E-state index contributed by atoms with van der Waals surface area (Å²) in [6.07, 6.45) is 7.13. The Hall–Kier alpha value is 0.0500. The Bertz CT molecular complexity index is 140. The molecule has 0 rings (SSSR count). The van der Waals surface area contributed by atoms with Gasteiger partial charge in [-0.05, 0) is 12.8 Å². The Morgan fingerprint density at radius 3 is 2.07 bits per heavy atom. The average Bonchev–Trinajstić information content (AvgIpc) is 2.17. The molecule has 14 heavy (non-hydrogen) atoms. The van der Waals surface area contributed by atoms with E-state index in [1.54, 1.807) is 0 Å². The number of rotatable bonds is 9. The lowest BCUT2D eigenvalue weighted by molar-refractivity contribution is -0.141. The lowest BCUT2D eigenvalue weighted by Gasteiger charge is -2.01. The third-order valence-corrected chi connectivity index (χ3v) is 2.36. The number of alkyl halides is 2. The summed E-state index contributed by atoms with van der Waals surface area (Å²) in [6, 6.07) is -0.0332. The summed E-state index contributed by atoms with van der Waals surface area (Å²) in [5.41, 5.74) is 0. The average molecular weight is 241 g/mol. The molecule has 0 fully saturated rings. The Labute approximate surface area is 95.9 Å². The van der Waals surface area contributed by atoms with Crippen molar-refractivity contribution in [3.8, 4) is 0 Å². The second-order valence-corrected chi connectivity index (χ2v) is 3.78. The summed E-state index contributed by atoms with van der Waals surface area (Å²) >= 11 is 10.8. The van der Waals surface area contributed by atoms with Gasteiger partial charge in [-0.15, -0.1) is 11.6 Å². The smallest absolute Gasteiger partial charge is 0.306 e. The van der Waals surface area contributed by atoms with Crippen LogP contribution in [0.25, 0.3) is 0 Å². The zero-order valence-electron chi connectivity index (χ0n) is 8.44. The normalized spacial score (nSPS) is 10.1. The molecule has 0 aliphatic rings. The predicted octanol–water partition coefficient (Wildman–Crippen LogP) is 3.70. The van der Waals surface area contributed by atoms with Crippen LogP contribution in [0.5, 0.6) is 0 Å². The van der Waals surface area contributed by atoms with Crippen LogP contribution in [-0.4, -0.2) is 17.9 Å². The third kappa shape index (κ3) is 10.1. The van der Waals surface area contributed by atoms with Crippen molar-refractivity contribution in [3.05, 3.63) is 0 Å². The number of hydrogen-bond acceptors (Lipinski definition) is 2. The first-order valence-electron chi connectivity index (χ1n) is 5.08. The van der Waals surface area contributed by atoms with E-state index < -0.39 is 0 Å². The topological polar surface area (TPSA) is 26.3 Å². The van der Waals surface area contributed by atoms with Gasteiger partial charge in [0.15, 0.2) is 6.07 Å². The Morgan fingerprint density at radius 2 is 1.50 bits per heavy atom. The van der Waals surface area contributed by atoms with Gasteiger partial charge >= 0.3 is 5.97 Å². The van der Waals surface area contributed by atoms with Crippen LogP contribution in [-0.2, 0) is 9.53 Å². The number of carbonyl (C=O) groups excluding carboxylic acids is 1. The highest BCUT2D eigenvalue weighted by molar-refractivity contribution is 6.17. The number of ether oxygens (including phenoxy) is 1. The van der Waals surface area contributed by atoms with Crippen LogP contribution < -0.4 is 0 Å². The molecule has 0 saturated carbocycles. The van der Waals surface area contributed by atoms with Gasteiger partial charge in [0.05, 0.1) is 0 Å². The molecule has 0 amide bonds. The number of unbranched alkanes of at least 4 members (excludes halogenated alkanes) is 5. The Balaban J connectivity index is 3.01. The van der Waals surface area contributed by atoms with Crippen molar-refractivity contribution < 1.29 is 9.53 Å². The molecule has 0 atom stereocenters. The van der Waals surface area contributed by atoms with E-state index in [0.29, 0.717) is 6.42 Å². The van der Waals surface area contributed by atoms with Gasteiger partial charge in [-0.2, -0.15) is 0 Å². The van der Waals surface area contributed by atoms with Crippen molar-refractivity contribution in [1.82, 2.24) is 0 Å². The molecular weight excluding hydrogens is 223 g/mol. The fraction of sp³-hybridized carbons (Fsp3) is 0.900. The predicted molar refractivity (Wildman–Crippen MR) is 59.9 cm³/mol. The van der Waals surface area contributed by atoms with Gasteiger partial charge in [0.2, 0.25) is 0 Å². The molecule has 4 heteroatoms. The largest absolute Gasteiger partial charge is 0.449 e. The quantitative estimate of drug-likeness (QED) is 0.349. The number of halogens is 2. The van der Waals surface area contributed by atoms with E-state index in [-0.39, 0.29) is 12.0 Å². The second kappa shape index (κ2) is 11.1. The van der Waals surface area contributed by atoms with Crippen LogP contribution >= 0.6 is 23.2 Å². The van der Waals surface area contributed by atoms with Gasteiger partial charge in [-0.1, -0.05) is 37.3 Å². The van der Waals surface area contributed by atoms with Crippen LogP contribution in [0.15, 0.2) is 0 Å². The van der Waals surface area contributed by atoms with E-state index in [9.17, 15) is 4.79 Å². The zero-order chi connectivity index (χ0) is 10.6. The molecule has 0 aromatic rings. The van der Waals surface area contributed by atoms with Gasteiger partial charge in [-0.3, -0.25) is 4.79 Å². The third-order valence-electron chi connectivity index (χ3n) is 1.98. The van der Waals surface area contributed by atoms with Crippen molar-refractivity contribution in [2.24, 2.45) is 0 Å². The summed E-state index contributed by atoms with van der Waals surface area (Å²) in [4.78, 5) is 10.9. The Kier molecular flexibility index (Phi) is 11.2. The van der Waals surface area contributed by atoms with Gasteiger partial charge in [0.1, 0.15) is 0 Å². The first-order chi connectivity index (χ1) is 6.81. The van der Waals surface area contributed by atoms with Gasteiger partial charge in [0.25, 0.3) is 0 Å². The first kappa shape index (κ1) is 14.1. The fourth-order valence-electron chi connectivity index (χ4n) is 1.20. The summed E-state index contributed by atoms with van der Waals surface area (Å²) in [6.45, 7) is 0. The first-order valence-corrected chi connectivity index (χ1v) is 6.15. The summed E-state index contributed by atoms with van der Waals surface area (Å²) in [5, 5.41) is 0. The monoisotopic (exact) mass is 240 g/mol. The van der Waals surface area contributed by atoms with Gasteiger partial charge in [0, 0.05) is 12.3 Å². The van der Waals surface area contributed by atoms with Crippen LogP contribution in [0, 0.1) is 0 Å². The summed E-state index contributed by atoms with van der Waals surface area (Å²) in [7, 11) is 0. The molecule has 84 valence electrons. The van der Waals surface area contributed by atoms with Crippen molar-refractivity contribution in [1.29, 1.82) is 0 Å². The van der Waals surface area contributed by atoms with E-state index in [2.05, 4.69) is 4.74 Å². The fourth-order valence-corrected chi connectivity index (χ4v) is 1.51. The SMILES string of the molecule is O=C(CCCCCCCCCl)OCCl. The van der Waals surface area contributed by atoms with E-state index in [4.69, 9.17) is 23.2 Å². The molecule has 0 unspecified atom stereocenters. The maximum Gasteiger partial charge on any atom is 0.306 e. The van der Waals surface area contributed by atoms with E-state index in [1.165, 1.54) is 19.3 Å². The van der Waals surface area contributed by atoms with E-state index >= 15 is 0 Å². The lowest BCUT2D eigenvalue weighted by Crippen LogP contribution is -2.01. The van der Waals surface area contributed by atoms with E-state index in [1.807, 2.05) is 0 Å². The maximum absolute atomic E-state index is 10.9. The molecule has 2 nitrogen and oxygen atoms in total. The molecule has 0 aliphatic heterocycles. The molecule has 0 saturated heterocycles. The zero-order valence-corrected chi connectivity index (χ0v) is 9.95. The second-order valence-electron chi connectivity index (χ2n) is 3.19. The minimum Gasteiger partial charge on any atom is -0.449 e. The Morgan fingerprint density at radius 1 is 0.929 bits per heavy atom. The molecular formula is C10H18Cl2O2. The van der Waals surface area contributed by atoms with Crippen molar-refractivity contribution in [2.45, 2.75) is 44.9 Å². The maximum atomic E-state index is 10.9. The van der Waals surface area contributed by atoms with Gasteiger partial charge in [-0.25, -0.2) is 0 Å². The highest BCUT2D eigenvalue weighted by Gasteiger charge is 2.00. The number of esters is 1. The van der Waals surface area contributed by atoms with Crippen molar-refractivity contribution in [2.75, 3.05) is 11.9 Å². The van der Waals surface area contributed by atoms with Crippen LogP contribution in [0.2, 0.25) is 0 Å². The van der Waals surface area contributed by atoms with Crippen molar-refractivity contribution in [3.63, 3.8) is 0 Å². The molecule has 0 radical (unpaired) electrons.